The van der Waals surface area contributed by atoms with Crippen molar-refractivity contribution in [2.24, 2.45) is 0 Å². The van der Waals surface area contributed by atoms with Gasteiger partial charge in [0.15, 0.2) is 11.5 Å². The van der Waals surface area contributed by atoms with Crippen molar-refractivity contribution < 1.29 is 19.1 Å². The van der Waals surface area contributed by atoms with Crippen LogP contribution in [0.3, 0.4) is 0 Å². The Morgan fingerprint density at radius 1 is 1.07 bits per heavy atom. The van der Waals surface area contributed by atoms with Gasteiger partial charge in [0.05, 0.1) is 20.8 Å². The van der Waals surface area contributed by atoms with Crippen LogP contribution in [0.2, 0.25) is 0 Å². The number of hydrogen-bond acceptors (Lipinski definition) is 5. The number of nitrogens with zero attached hydrogens (tertiary/aromatic N) is 1. The number of hydrazine groups is 1. The van der Waals surface area contributed by atoms with Crippen LogP contribution in [0.25, 0.3) is 6.08 Å². The number of carbonyl (C=O) groups excluding carboxylic acids is 2. The molecular formula is C22H25N3O4. The first-order valence-corrected chi connectivity index (χ1v) is 9.43. The molecular weight excluding hydrogens is 370 g/mol. The van der Waals surface area contributed by atoms with E-state index in [2.05, 4.69) is 16.9 Å². The van der Waals surface area contributed by atoms with Crippen molar-refractivity contribution in [1.29, 1.82) is 0 Å². The monoisotopic (exact) mass is 395 g/mol. The highest BCUT2D eigenvalue weighted by Gasteiger charge is 2.18. The standard InChI is InChI=1S/C22H25N3O4/c1-28-19-11-5-8-17(22(19)29-2)12-13-20(26)23-24-21(27)15-25-14-6-9-16-7-3-4-10-18(16)25/h3-5,7-8,10-13H,6,9,14-15H2,1-2H3,(H,23,26)(H,24,27)/b13-12+. The van der Waals surface area contributed by atoms with Crippen LogP contribution in [0.4, 0.5) is 5.69 Å². The number of amides is 2. The lowest BCUT2D eigenvalue weighted by molar-refractivity contribution is -0.125. The van der Waals surface area contributed by atoms with Crippen LogP contribution in [-0.2, 0) is 16.0 Å². The van der Waals surface area contributed by atoms with Crippen molar-refractivity contribution >= 4 is 23.6 Å². The summed E-state index contributed by atoms with van der Waals surface area (Å²) in [6.45, 7) is 0.999. The maximum Gasteiger partial charge on any atom is 0.262 e. The molecule has 1 aliphatic heterocycles. The van der Waals surface area contributed by atoms with E-state index in [0.717, 1.165) is 25.1 Å². The second kappa shape index (κ2) is 9.64. The minimum absolute atomic E-state index is 0.185. The molecule has 0 saturated heterocycles. The normalized spacial score (nSPS) is 13.0. The maximum atomic E-state index is 12.3. The number of hydrogen-bond donors (Lipinski definition) is 2. The van der Waals surface area contributed by atoms with E-state index in [1.165, 1.54) is 18.7 Å². The number of aryl methyl sites for hydroxylation is 1. The summed E-state index contributed by atoms with van der Waals surface area (Å²) in [6.07, 6.45) is 4.95. The molecule has 2 N–H and O–H groups in total. The van der Waals surface area contributed by atoms with Crippen molar-refractivity contribution in [2.45, 2.75) is 12.8 Å². The minimum Gasteiger partial charge on any atom is -0.493 e. The molecule has 1 heterocycles. The van der Waals surface area contributed by atoms with E-state index in [1.807, 2.05) is 23.1 Å². The van der Waals surface area contributed by atoms with Gasteiger partial charge in [0.1, 0.15) is 0 Å². The van der Waals surface area contributed by atoms with Crippen LogP contribution in [0.5, 0.6) is 11.5 Å². The highest BCUT2D eigenvalue weighted by atomic mass is 16.5. The fourth-order valence-corrected chi connectivity index (χ4v) is 3.37. The molecule has 7 nitrogen and oxygen atoms in total. The lowest BCUT2D eigenvalue weighted by Crippen LogP contribution is -2.47. The van der Waals surface area contributed by atoms with E-state index >= 15 is 0 Å². The van der Waals surface area contributed by atoms with E-state index in [-0.39, 0.29) is 12.5 Å². The van der Waals surface area contributed by atoms with Gasteiger partial charge in [-0.05, 0) is 36.6 Å². The van der Waals surface area contributed by atoms with Crippen molar-refractivity contribution in [3.8, 4) is 11.5 Å². The van der Waals surface area contributed by atoms with Crippen LogP contribution < -0.4 is 25.2 Å². The first kappa shape index (κ1) is 20.3. The predicted molar refractivity (Wildman–Crippen MR) is 112 cm³/mol. The van der Waals surface area contributed by atoms with Gasteiger partial charge in [-0.15, -0.1) is 0 Å². The summed E-state index contributed by atoms with van der Waals surface area (Å²) in [7, 11) is 3.09. The zero-order valence-corrected chi connectivity index (χ0v) is 16.6. The van der Waals surface area contributed by atoms with Gasteiger partial charge in [-0.25, -0.2) is 0 Å². The Bertz CT molecular complexity index is 911. The number of carbonyl (C=O) groups is 2. The second-order valence-corrected chi connectivity index (χ2v) is 6.61. The molecule has 1 aliphatic rings. The van der Waals surface area contributed by atoms with Gasteiger partial charge >= 0.3 is 0 Å². The molecule has 3 rings (SSSR count). The quantitative estimate of drug-likeness (QED) is 0.580. The van der Waals surface area contributed by atoms with Crippen molar-refractivity contribution in [1.82, 2.24) is 10.9 Å². The van der Waals surface area contributed by atoms with Crippen molar-refractivity contribution in [3.63, 3.8) is 0 Å². The number of ether oxygens (including phenoxy) is 2. The highest BCUT2D eigenvalue weighted by molar-refractivity contribution is 5.94. The molecule has 0 aromatic heterocycles. The predicted octanol–water partition coefficient (Wildman–Crippen LogP) is 2.32. The number of benzene rings is 2. The van der Waals surface area contributed by atoms with Gasteiger partial charge in [0, 0.05) is 23.9 Å². The lowest BCUT2D eigenvalue weighted by atomic mass is 10.0. The number of rotatable bonds is 6. The molecule has 2 aromatic carbocycles. The molecule has 2 amide bonds. The highest BCUT2D eigenvalue weighted by Crippen LogP contribution is 2.31. The lowest BCUT2D eigenvalue weighted by Gasteiger charge is -2.30. The Hall–Kier alpha value is -3.48. The summed E-state index contributed by atoms with van der Waals surface area (Å²) < 4.78 is 10.6. The average Bonchev–Trinajstić information content (AvgIpc) is 2.76. The topological polar surface area (TPSA) is 79.9 Å². The molecule has 0 saturated carbocycles. The first-order chi connectivity index (χ1) is 14.1. The summed E-state index contributed by atoms with van der Waals surface area (Å²) in [5.74, 6) is 0.390. The fourth-order valence-electron chi connectivity index (χ4n) is 3.37. The smallest absolute Gasteiger partial charge is 0.262 e. The van der Waals surface area contributed by atoms with E-state index in [9.17, 15) is 9.59 Å². The van der Waals surface area contributed by atoms with Crippen molar-refractivity contribution in [3.05, 3.63) is 59.7 Å². The molecule has 0 atom stereocenters. The number of anilines is 1. The van der Waals surface area contributed by atoms with Gasteiger partial charge < -0.3 is 14.4 Å². The Morgan fingerprint density at radius 2 is 1.90 bits per heavy atom. The van der Waals surface area contributed by atoms with Gasteiger partial charge in [-0.2, -0.15) is 0 Å². The zero-order chi connectivity index (χ0) is 20.6. The van der Waals surface area contributed by atoms with E-state index in [0.29, 0.717) is 17.1 Å². The summed E-state index contributed by atoms with van der Waals surface area (Å²) in [4.78, 5) is 26.3. The van der Waals surface area contributed by atoms with E-state index < -0.39 is 5.91 Å². The fraction of sp³-hybridized carbons (Fsp3) is 0.273. The van der Waals surface area contributed by atoms with Gasteiger partial charge in [0.25, 0.3) is 11.8 Å². The third-order valence-corrected chi connectivity index (χ3v) is 4.71. The van der Waals surface area contributed by atoms with Crippen LogP contribution in [0, 0.1) is 0 Å². The molecule has 7 heteroatoms. The molecule has 0 spiro atoms. The molecule has 0 fully saturated rings. The summed E-state index contributed by atoms with van der Waals surface area (Å²) in [5.41, 5.74) is 7.88. The molecule has 0 bridgehead atoms. The van der Waals surface area contributed by atoms with Crippen LogP contribution in [-0.4, -0.2) is 39.1 Å². The summed E-state index contributed by atoms with van der Waals surface area (Å²) in [5, 5.41) is 0. The molecule has 2 aromatic rings. The van der Waals surface area contributed by atoms with Gasteiger partial charge in [0.2, 0.25) is 0 Å². The van der Waals surface area contributed by atoms with Crippen LogP contribution >= 0.6 is 0 Å². The molecule has 0 unspecified atom stereocenters. The first-order valence-electron chi connectivity index (χ1n) is 9.43. The largest absolute Gasteiger partial charge is 0.493 e. The summed E-state index contributed by atoms with van der Waals surface area (Å²) >= 11 is 0. The van der Waals surface area contributed by atoms with Gasteiger partial charge in [-0.3, -0.25) is 20.4 Å². The Balaban J connectivity index is 1.54. The third-order valence-electron chi connectivity index (χ3n) is 4.71. The number of para-hydroxylation sites is 2. The molecule has 29 heavy (non-hydrogen) atoms. The SMILES string of the molecule is COc1cccc(/C=C/C(=O)NNC(=O)CN2CCCc3ccccc32)c1OC. The Kier molecular flexibility index (Phi) is 6.73. The molecule has 152 valence electrons. The zero-order valence-electron chi connectivity index (χ0n) is 16.6. The van der Waals surface area contributed by atoms with E-state index in [4.69, 9.17) is 9.47 Å². The average molecular weight is 395 g/mol. The number of nitrogens with one attached hydrogen (secondary N) is 2. The minimum atomic E-state index is -0.442. The van der Waals surface area contributed by atoms with Gasteiger partial charge in [-0.1, -0.05) is 30.3 Å². The third kappa shape index (κ3) is 5.07. The van der Waals surface area contributed by atoms with Crippen LogP contribution in [0.1, 0.15) is 17.5 Å². The van der Waals surface area contributed by atoms with E-state index in [1.54, 1.807) is 31.4 Å². The maximum absolute atomic E-state index is 12.3. The second-order valence-electron chi connectivity index (χ2n) is 6.61. The van der Waals surface area contributed by atoms with Crippen molar-refractivity contribution in [2.75, 3.05) is 32.2 Å². The Labute approximate surface area is 170 Å². The number of fused-ring (bicyclic) bond motifs is 1. The van der Waals surface area contributed by atoms with Crippen LogP contribution in [0.15, 0.2) is 48.5 Å². The molecule has 0 aliphatic carbocycles. The molecule has 0 radical (unpaired) electrons. The Morgan fingerprint density at radius 3 is 2.69 bits per heavy atom. The summed E-state index contributed by atoms with van der Waals surface area (Å²) in [6, 6.07) is 13.5. The number of methoxy groups -OCH3 is 2.